The number of carbonyl (C=O) groups is 2. The maximum absolute atomic E-state index is 13.2. The van der Waals surface area contributed by atoms with Crippen molar-refractivity contribution in [2.45, 2.75) is 5.16 Å². The van der Waals surface area contributed by atoms with Crippen LogP contribution in [0.2, 0.25) is 0 Å². The summed E-state index contributed by atoms with van der Waals surface area (Å²) in [5.41, 5.74) is 1.55. The number of nitriles is 1. The molecular formula is C25H18FN5O3S. The van der Waals surface area contributed by atoms with Crippen molar-refractivity contribution in [1.82, 2.24) is 14.9 Å². The third-order valence-corrected chi connectivity index (χ3v) is 5.84. The Balaban J connectivity index is 1.48. The Hall–Kier alpha value is -4.49. The van der Waals surface area contributed by atoms with Crippen LogP contribution in [0.3, 0.4) is 0 Å². The van der Waals surface area contributed by atoms with Crippen LogP contribution in [0.25, 0.3) is 16.6 Å². The van der Waals surface area contributed by atoms with E-state index in [1.807, 2.05) is 6.07 Å². The molecule has 0 radical (unpaired) electrons. The van der Waals surface area contributed by atoms with Gasteiger partial charge in [0.15, 0.2) is 5.16 Å². The number of nitrogens with zero attached hydrogens (tertiary/aromatic N) is 3. The summed E-state index contributed by atoms with van der Waals surface area (Å²) < 4.78 is 14.4. The second-order valence-electron chi connectivity index (χ2n) is 7.33. The van der Waals surface area contributed by atoms with Gasteiger partial charge in [0, 0.05) is 5.69 Å². The Morgan fingerprint density at radius 3 is 2.43 bits per heavy atom. The second kappa shape index (κ2) is 10.6. The first-order chi connectivity index (χ1) is 16.9. The topological polar surface area (TPSA) is 117 Å². The first kappa shape index (κ1) is 23.7. The van der Waals surface area contributed by atoms with E-state index in [1.54, 1.807) is 48.5 Å². The summed E-state index contributed by atoms with van der Waals surface area (Å²) in [5.74, 6) is -1.41. The number of nitrogens with one attached hydrogen (secondary N) is 2. The number of hydrogen-bond acceptors (Lipinski definition) is 6. The summed E-state index contributed by atoms with van der Waals surface area (Å²) >= 11 is 1.05. The standard InChI is InChI=1S/C25H18FN5O3S/c26-17-7-9-18(10-8-17)29-22(32)14-28-23(33)15-35-25-30-21-4-2-1-3-20(21)24(34)31(25)19-11-5-16(13-27)6-12-19/h1-12H,14-15H2,(H,28,33)(H,29,32). The van der Waals surface area contributed by atoms with E-state index < -0.39 is 17.6 Å². The minimum absolute atomic E-state index is 0.0924. The molecule has 10 heteroatoms. The van der Waals surface area contributed by atoms with E-state index in [-0.39, 0.29) is 17.9 Å². The molecule has 0 aliphatic carbocycles. The molecule has 0 aliphatic rings. The van der Waals surface area contributed by atoms with Crippen LogP contribution in [0.5, 0.6) is 0 Å². The third kappa shape index (κ3) is 5.72. The van der Waals surface area contributed by atoms with Crippen LogP contribution in [-0.4, -0.2) is 33.7 Å². The molecule has 1 heterocycles. The molecule has 0 bridgehead atoms. The fraction of sp³-hybridized carbons (Fsp3) is 0.0800. The number of amides is 2. The number of thioether (sulfide) groups is 1. The molecule has 2 N–H and O–H groups in total. The largest absolute Gasteiger partial charge is 0.346 e. The highest BCUT2D eigenvalue weighted by atomic mass is 32.2. The van der Waals surface area contributed by atoms with Gasteiger partial charge in [-0.3, -0.25) is 19.0 Å². The lowest BCUT2D eigenvalue weighted by Gasteiger charge is -2.13. The fourth-order valence-corrected chi connectivity index (χ4v) is 4.06. The summed E-state index contributed by atoms with van der Waals surface area (Å²) in [6.07, 6.45) is 0. The van der Waals surface area contributed by atoms with Gasteiger partial charge in [-0.1, -0.05) is 23.9 Å². The van der Waals surface area contributed by atoms with Gasteiger partial charge in [-0.2, -0.15) is 5.26 Å². The zero-order chi connectivity index (χ0) is 24.8. The molecule has 4 rings (SSSR count). The normalized spacial score (nSPS) is 10.5. The van der Waals surface area contributed by atoms with Gasteiger partial charge < -0.3 is 10.6 Å². The van der Waals surface area contributed by atoms with Crippen LogP contribution in [0.1, 0.15) is 5.56 Å². The number of hydrogen-bond donors (Lipinski definition) is 2. The smallest absolute Gasteiger partial charge is 0.266 e. The van der Waals surface area contributed by atoms with E-state index in [0.29, 0.717) is 33.0 Å². The van der Waals surface area contributed by atoms with Crippen LogP contribution >= 0.6 is 11.8 Å². The van der Waals surface area contributed by atoms with Gasteiger partial charge in [0.2, 0.25) is 11.8 Å². The Bertz CT molecular complexity index is 1500. The van der Waals surface area contributed by atoms with Gasteiger partial charge in [0.05, 0.1) is 40.5 Å². The molecule has 0 atom stereocenters. The lowest BCUT2D eigenvalue weighted by Crippen LogP contribution is -2.34. The molecule has 0 unspecified atom stereocenters. The Kier molecular flexibility index (Phi) is 7.18. The van der Waals surface area contributed by atoms with Crippen molar-refractivity contribution in [2.75, 3.05) is 17.6 Å². The van der Waals surface area contributed by atoms with E-state index in [2.05, 4.69) is 15.6 Å². The number of anilines is 1. The zero-order valence-electron chi connectivity index (χ0n) is 18.2. The molecule has 174 valence electrons. The van der Waals surface area contributed by atoms with Gasteiger partial charge in [-0.15, -0.1) is 0 Å². The fourth-order valence-electron chi connectivity index (χ4n) is 3.22. The molecule has 3 aromatic carbocycles. The van der Waals surface area contributed by atoms with Crippen molar-refractivity contribution in [1.29, 1.82) is 5.26 Å². The van der Waals surface area contributed by atoms with Crippen LogP contribution in [0.4, 0.5) is 10.1 Å². The predicted molar refractivity (Wildman–Crippen MR) is 131 cm³/mol. The average Bonchev–Trinajstić information content (AvgIpc) is 2.88. The summed E-state index contributed by atoms with van der Waals surface area (Å²) in [5, 5.41) is 14.8. The highest BCUT2D eigenvalue weighted by Gasteiger charge is 2.15. The van der Waals surface area contributed by atoms with E-state index in [9.17, 15) is 18.8 Å². The first-order valence-electron chi connectivity index (χ1n) is 10.4. The Morgan fingerprint density at radius 2 is 1.71 bits per heavy atom. The summed E-state index contributed by atoms with van der Waals surface area (Å²) in [4.78, 5) is 42.2. The molecule has 0 saturated heterocycles. The van der Waals surface area contributed by atoms with Crippen molar-refractivity contribution >= 4 is 40.2 Å². The molecule has 8 nitrogen and oxygen atoms in total. The van der Waals surface area contributed by atoms with E-state index in [4.69, 9.17) is 5.26 Å². The monoisotopic (exact) mass is 487 g/mol. The SMILES string of the molecule is N#Cc1ccc(-n2c(SCC(=O)NCC(=O)Nc3ccc(F)cc3)nc3ccccc3c2=O)cc1. The highest BCUT2D eigenvalue weighted by Crippen LogP contribution is 2.21. The number of para-hydroxylation sites is 1. The van der Waals surface area contributed by atoms with E-state index in [0.717, 1.165) is 11.8 Å². The third-order valence-electron chi connectivity index (χ3n) is 4.91. The maximum Gasteiger partial charge on any atom is 0.266 e. The molecule has 0 aliphatic heterocycles. The number of halogens is 1. The van der Waals surface area contributed by atoms with Crippen LogP contribution in [-0.2, 0) is 9.59 Å². The molecule has 2 amide bonds. The van der Waals surface area contributed by atoms with Crippen LogP contribution in [0, 0.1) is 17.1 Å². The Labute approximate surface area is 203 Å². The minimum Gasteiger partial charge on any atom is -0.346 e. The molecular weight excluding hydrogens is 469 g/mol. The van der Waals surface area contributed by atoms with Gasteiger partial charge in [0.25, 0.3) is 5.56 Å². The summed E-state index contributed by atoms with van der Waals surface area (Å²) in [7, 11) is 0. The lowest BCUT2D eigenvalue weighted by atomic mass is 10.2. The number of aromatic nitrogens is 2. The number of fused-ring (bicyclic) bond motifs is 1. The number of carbonyl (C=O) groups excluding carboxylic acids is 2. The predicted octanol–water partition coefficient (Wildman–Crippen LogP) is 3.24. The van der Waals surface area contributed by atoms with Gasteiger partial charge in [-0.25, -0.2) is 9.37 Å². The summed E-state index contributed by atoms with van der Waals surface area (Å²) in [6, 6.07) is 20.7. The van der Waals surface area contributed by atoms with Crippen molar-refractivity contribution in [3.8, 4) is 11.8 Å². The minimum atomic E-state index is -0.465. The summed E-state index contributed by atoms with van der Waals surface area (Å²) in [6.45, 7) is -0.273. The molecule has 0 saturated carbocycles. The second-order valence-corrected chi connectivity index (χ2v) is 8.27. The van der Waals surface area contributed by atoms with E-state index >= 15 is 0 Å². The maximum atomic E-state index is 13.2. The van der Waals surface area contributed by atoms with Gasteiger partial charge in [-0.05, 0) is 60.7 Å². The van der Waals surface area contributed by atoms with Gasteiger partial charge >= 0.3 is 0 Å². The van der Waals surface area contributed by atoms with Crippen LogP contribution < -0.4 is 16.2 Å². The highest BCUT2D eigenvalue weighted by molar-refractivity contribution is 7.99. The number of rotatable bonds is 7. The average molecular weight is 488 g/mol. The molecule has 4 aromatic rings. The van der Waals surface area contributed by atoms with Crippen molar-refractivity contribution in [2.24, 2.45) is 0 Å². The quantitative estimate of drug-likeness (QED) is 0.305. The van der Waals surface area contributed by atoms with Crippen LogP contribution in [0.15, 0.2) is 82.7 Å². The van der Waals surface area contributed by atoms with E-state index in [1.165, 1.54) is 28.8 Å². The zero-order valence-corrected chi connectivity index (χ0v) is 19.0. The molecule has 0 spiro atoms. The first-order valence-corrected chi connectivity index (χ1v) is 11.4. The molecule has 0 fully saturated rings. The van der Waals surface area contributed by atoms with Gasteiger partial charge in [0.1, 0.15) is 5.82 Å². The lowest BCUT2D eigenvalue weighted by molar-refractivity contribution is -0.122. The molecule has 1 aromatic heterocycles. The van der Waals surface area contributed by atoms with Crippen molar-refractivity contribution < 1.29 is 14.0 Å². The van der Waals surface area contributed by atoms with Crippen molar-refractivity contribution in [3.05, 3.63) is 94.5 Å². The number of benzene rings is 3. The molecule has 35 heavy (non-hydrogen) atoms. The van der Waals surface area contributed by atoms with Crippen molar-refractivity contribution in [3.63, 3.8) is 0 Å². The Morgan fingerprint density at radius 1 is 1.00 bits per heavy atom.